The molecule has 0 atom stereocenters. The van der Waals surface area contributed by atoms with Gasteiger partial charge in [-0.3, -0.25) is 4.99 Å². The van der Waals surface area contributed by atoms with Crippen LogP contribution in [0.25, 0.3) is 0 Å². The molecule has 0 unspecified atom stereocenters. The molecule has 90 valence electrons. The van der Waals surface area contributed by atoms with Crippen LogP contribution in [-0.4, -0.2) is 24.5 Å². The molecular formula is C13H21NO2. The molecule has 16 heavy (non-hydrogen) atoms. The van der Waals surface area contributed by atoms with E-state index < -0.39 is 0 Å². The fraction of sp³-hybridized carbons (Fsp3) is 0.615. The van der Waals surface area contributed by atoms with Gasteiger partial charge in [0, 0.05) is 12.2 Å². The molecule has 1 aliphatic carbocycles. The molecule has 3 nitrogen and oxygen atoms in total. The Kier molecular flexibility index (Phi) is 4.16. The first-order chi connectivity index (χ1) is 7.46. The Labute approximate surface area is 97.9 Å². The van der Waals surface area contributed by atoms with E-state index in [1.807, 2.05) is 26.0 Å². The molecule has 1 rings (SSSR count). The Morgan fingerprint density at radius 1 is 1.00 bits per heavy atom. The highest BCUT2D eigenvalue weighted by molar-refractivity contribution is 6.08. The molecule has 1 aliphatic rings. The number of ether oxygens (including phenoxy) is 2. The monoisotopic (exact) mass is 223 g/mol. The van der Waals surface area contributed by atoms with Crippen molar-refractivity contribution in [2.75, 3.05) is 13.2 Å². The largest absolute Gasteiger partial charge is 0.490 e. The third kappa shape index (κ3) is 3.72. The number of nitrogens with zero attached hydrogens (tertiary/aromatic N) is 1. The third-order valence-corrected chi connectivity index (χ3v) is 1.86. The van der Waals surface area contributed by atoms with Crippen LogP contribution in [0.5, 0.6) is 0 Å². The lowest BCUT2D eigenvalue weighted by molar-refractivity contribution is 0.167. The lowest BCUT2D eigenvalue weighted by Crippen LogP contribution is -2.11. The minimum atomic E-state index is -0.0820. The van der Waals surface area contributed by atoms with Crippen molar-refractivity contribution < 1.29 is 9.47 Å². The molecule has 0 amide bonds. The predicted molar refractivity (Wildman–Crippen MR) is 66.6 cm³/mol. The van der Waals surface area contributed by atoms with E-state index in [2.05, 4.69) is 25.8 Å². The highest BCUT2D eigenvalue weighted by Gasteiger charge is 2.18. The molecule has 0 radical (unpaired) electrons. The van der Waals surface area contributed by atoms with Crippen LogP contribution in [0.3, 0.4) is 0 Å². The summed E-state index contributed by atoms with van der Waals surface area (Å²) in [5, 5.41) is 0. The first-order valence-corrected chi connectivity index (χ1v) is 5.75. The Bertz CT molecular complexity index is 308. The van der Waals surface area contributed by atoms with Gasteiger partial charge in [-0.15, -0.1) is 0 Å². The quantitative estimate of drug-likeness (QED) is 0.733. The fourth-order valence-corrected chi connectivity index (χ4v) is 1.44. The van der Waals surface area contributed by atoms with Crippen LogP contribution in [-0.2, 0) is 9.47 Å². The molecule has 0 aromatic heterocycles. The second-order valence-corrected chi connectivity index (χ2v) is 4.59. The normalized spacial score (nSPS) is 15.7. The number of aliphatic imine (C=N–C) groups is 1. The summed E-state index contributed by atoms with van der Waals surface area (Å²) < 4.78 is 11.0. The Morgan fingerprint density at radius 2 is 1.44 bits per heavy atom. The van der Waals surface area contributed by atoms with Gasteiger partial charge in [-0.1, -0.05) is 0 Å². The molecule has 0 heterocycles. The van der Waals surface area contributed by atoms with E-state index in [-0.39, 0.29) is 5.54 Å². The van der Waals surface area contributed by atoms with Crippen molar-refractivity contribution in [1.82, 2.24) is 0 Å². The molecule has 0 saturated heterocycles. The Balaban J connectivity index is 2.89. The lowest BCUT2D eigenvalue weighted by atomic mass is 10.1. The first kappa shape index (κ1) is 12.8. The van der Waals surface area contributed by atoms with Crippen molar-refractivity contribution in [3.63, 3.8) is 0 Å². The zero-order chi connectivity index (χ0) is 12.2. The topological polar surface area (TPSA) is 30.8 Å². The summed E-state index contributed by atoms with van der Waals surface area (Å²) in [6, 6.07) is 0. The van der Waals surface area contributed by atoms with Crippen LogP contribution in [0.4, 0.5) is 0 Å². The van der Waals surface area contributed by atoms with Crippen molar-refractivity contribution in [3.05, 3.63) is 23.7 Å². The van der Waals surface area contributed by atoms with Gasteiger partial charge in [-0.25, -0.2) is 0 Å². The van der Waals surface area contributed by atoms with Gasteiger partial charge in [0.25, 0.3) is 0 Å². The number of hydrogen-bond acceptors (Lipinski definition) is 3. The van der Waals surface area contributed by atoms with Crippen molar-refractivity contribution in [1.29, 1.82) is 0 Å². The lowest BCUT2D eigenvalue weighted by Gasteiger charge is -2.11. The summed E-state index contributed by atoms with van der Waals surface area (Å²) in [6.45, 7) is 11.4. The van der Waals surface area contributed by atoms with Crippen LogP contribution in [0.15, 0.2) is 28.7 Å². The van der Waals surface area contributed by atoms with Crippen molar-refractivity contribution in [2.24, 2.45) is 4.99 Å². The van der Waals surface area contributed by atoms with Crippen LogP contribution < -0.4 is 0 Å². The van der Waals surface area contributed by atoms with E-state index in [1.165, 1.54) is 0 Å². The van der Waals surface area contributed by atoms with Gasteiger partial charge in [0.05, 0.1) is 24.5 Å². The van der Waals surface area contributed by atoms with E-state index in [1.54, 1.807) is 0 Å². The molecule has 0 spiro atoms. The smallest absolute Gasteiger partial charge is 0.163 e. The number of allylic oxidation sites excluding steroid dienone is 2. The van der Waals surface area contributed by atoms with Crippen LogP contribution in [0.1, 0.15) is 34.6 Å². The summed E-state index contributed by atoms with van der Waals surface area (Å²) in [7, 11) is 0. The van der Waals surface area contributed by atoms with Gasteiger partial charge in [-0.2, -0.15) is 0 Å². The van der Waals surface area contributed by atoms with Gasteiger partial charge in [0.1, 0.15) is 0 Å². The fourth-order valence-electron chi connectivity index (χ4n) is 1.44. The summed E-state index contributed by atoms with van der Waals surface area (Å²) >= 11 is 0. The van der Waals surface area contributed by atoms with Gasteiger partial charge in [-0.05, 0) is 34.6 Å². The van der Waals surface area contributed by atoms with Crippen molar-refractivity contribution >= 4 is 5.71 Å². The Morgan fingerprint density at radius 3 is 1.75 bits per heavy atom. The zero-order valence-corrected chi connectivity index (χ0v) is 10.8. The summed E-state index contributed by atoms with van der Waals surface area (Å²) in [4.78, 5) is 4.58. The van der Waals surface area contributed by atoms with Gasteiger partial charge in [0.15, 0.2) is 11.5 Å². The Hall–Kier alpha value is -1.25. The number of rotatable bonds is 4. The first-order valence-electron chi connectivity index (χ1n) is 5.75. The minimum absolute atomic E-state index is 0.0820. The van der Waals surface area contributed by atoms with Gasteiger partial charge in [0.2, 0.25) is 0 Å². The van der Waals surface area contributed by atoms with Crippen molar-refractivity contribution in [2.45, 2.75) is 40.2 Å². The van der Waals surface area contributed by atoms with Crippen LogP contribution in [0.2, 0.25) is 0 Å². The highest BCUT2D eigenvalue weighted by Crippen LogP contribution is 2.22. The summed E-state index contributed by atoms with van der Waals surface area (Å²) in [5.41, 5.74) is 0.834. The zero-order valence-electron chi connectivity index (χ0n) is 10.8. The second-order valence-electron chi connectivity index (χ2n) is 4.59. The maximum absolute atomic E-state index is 5.50. The molecule has 0 aliphatic heterocycles. The van der Waals surface area contributed by atoms with Crippen LogP contribution in [0, 0.1) is 0 Å². The van der Waals surface area contributed by atoms with E-state index in [0.29, 0.717) is 13.2 Å². The highest BCUT2D eigenvalue weighted by atomic mass is 16.5. The molecule has 3 heteroatoms. The molecule has 0 fully saturated rings. The molecule has 0 bridgehead atoms. The number of hydrogen-bond donors (Lipinski definition) is 0. The van der Waals surface area contributed by atoms with E-state index in [9.17, 15) is 0 Å². The van der Waals surface area contributed by atoms with Gasteiger partial charge >= 0.3 is 0 Å². The third-order valence-electron chi connectivity index (χ3n) is 1.86. The molecule has 0 N–H and O–H groups in total. The SMILES string of the molecule is CCOC1=CC(=NC(C)(C)C)C=C1OCC. The predicted octanol–water partition coefficient (Wildman–Crippen LogP) is 3.08. The summed E-state index contributed by atoms with van der Waals surface area (Å²) in [5.74, 6) is 1.57. The minimum Gasteiger partial charge on any atom is -0.490 e. The average Bonchev–Trinajstić information content (AvgIpc) is 2.46. The van der Waals surface area contributed by atoms with E-state index in [4.69, 9.17) is 9.47 Å². The second kappa shape index (κ2) is 5.19. The molecule has 0 aromatic carbocycles. The molecule has 0 saturated carbocycles. The van der Waals surface area contributed by atoms with E-state index >= 15 is 0 Å². The maximum atomic E-state index is 5.50. The standard InChI is InChI=1S/C13H21NO2/c1-6-15-11-8-10(14-13(3,4)5)9-12(11)16-7-2/h8-9H,6-7H2,1-5H3. The molecule has 0 aromatic rings. The average molecular weight is 223 g/mol. The molecular weight excluding hydrogens is 202 g/mol. The van der Waals surface area contributed by atoms with Crippen molar-refractivity contribution in [3.8, 4) is 0 Å². The maximum Gasteiger partial charge on any atom is 0.163 e. The van der Waals surface area contributed by atoms with Gasteiger partial charge < -0.3 is 9.47 Å². The van der Waals surface area contributed by atoms with Crippen LogP contribution >= 0.6 is 0 Å². The van der Waals surface area contributed by atoms with E-state index in [0.717, 1.165) is 17.2 Å². The summed E-state index contributed by atoms with van der Waals surface area (Å²) in [6.07, 6.45) is 3.86.